The largest absolute Gasteiger partial charge is 0.362 e. The SMILES string of the molecule is Cc1c(C#N)cccc1[C@@H](C)Nc1nnc(C)c2cnc(N3CC4(CCN(C)C4)C3)cc12. The van der Waals surface area contributed by atoms with Gasteiger partial charge >= 0.3 is 0 Å². The van der Waals surface area contributed by atoms with E-state index >= 15 is 0 Å². The smallest absolute Gasteiger partial charge is 0.157 e. The molecule has 32 heavy (non-hydrogen) atoms. The Labute approximate surface area is 189 Å². The number of nitrogens with zero attached hydrogens (tertiary/aromatic N) is 6. The second-order valence-electron chi connectivity index (χ2n) is 9.56. The highest BCUT2D eigenvalue weighted by Gasteiger charge is 2.47. The number of aryl methyl sites for hydroxylation is 1. The van der Waals surface area contributed by atoms with Crippen molar-refractivity contribution in [2.75, 3.05) is 43.4 Å². The van der Waals surface area contributed by atoms with E-state index in [0.29, 0.717) is 11.0 Å². The summed E-state index contributed by atoms with van der Waals surface area (Å²) in [4.78, 5) is 9.56. The molecule has 0 radical (unpaired) electrons. The van der Waals surface area contributed by atoms with Crippen molar-refractivity contribution in [1.82, 2.24) is 20.1 Å². The van der Waals surface area contributed by atoms with Crippen LogP contribution in [0.5, 0.6) is 0 Å². The molecule has 2 saturated heterocycles. The molecular formula is C25H29N7. The van der Waals surface area contributed by atoms with Gasteiger partial charge in [0.15, 0.2) is 5.82 Å². The van der Waals surface area contributed by atoms with Gasteiger partial charge in [0, 0.05) is 42.0 Å². The predicted octanol–water partition coefficient (Wildman–Crippen LogP) is 3.83. The molecule has 1 spiro atoms. The average Bonchev–Trinajstić information content (AvgIpc) is 3.16. The van der Waals surface area contributed by atoms with Crippen molar-refractivity contribution >= 4 is 22.4 Å². The zero-order chi connectivity index (χ0) is 22.5. The Hall–Kier alpha value is -3.24. The van der Waals surface area contributed by atoms with Gasteiger partial charge in [-0.05, 0) is 64.0 Å². The van der Waals surface area contributed by atoms with Crippen LogP contribution in [0.3, 0.4) is 0 Å². The number of rotatable bonds is 4. The highest BCUT2D eigenvalue weighted by molar-refractivity contribution is 5.94. The van der Waals surface area contributed by atoms with Gasteiger partial charge in [-0.2, -0.15) is 10.4 Å². The fraction of sp³-hybridized carbons (Fsp3) is 0.440. The van der Waals surface area contributed by atoms with Crippen molar-refractivity contribution in [3.8, 4) is 6.07 Å². The summed E-state index contributed by atoms with van der Waals surface area (Å²) in [6.45, 7) is 10.5. The van der Waals surface area contributed by atoms with Gasteiger partial charge in [0.1, 0.15) is 5.82 Å². The van der Waals surface area contributed by atoms with E-state index in [1.54, 1.807) is 0 Å². The number of fused-ring (bicyclic) bond motifs is 1. The third kappa shape index (κ3) is 3.45. The minimum Gasteiger partial charge on any atom is -0.362 e. The lowest BCUT2D eigenvalue weighted by molar-refractivity contribution is 0.216. The lowest BCUT2D eigenvalue weighted by Crippen LogP contribution is -2.57. The fourth-order valence-corrected chi connectivity index (χ4v) is 5.31. The van der Waals surface area contributed by atoms with Crippen LogP contribution in [0.4, 0.5) is 11.6 Å². The van der Waals surface area contributed by atoms with Crippen molar-refractivity contribution in [3.63, 3.8) is 0 Å². The Balaban J connectivity index is 1.44. The number of benzene rings is 1. The second-order valence-corrected chi connectivity index (χ2v) is 9.56. The van der Waals surface area contributed by atoms with Gasteiger partial charge in [-0.15, -0.1) is 5.10 Å². The maximum atomic E-state index is 9.38. The summed E-state index contributed by atoms with van der Waals surface area (Å²) in [5.41, 5.74) is 4.08. The molecule has 0 unspecified atom stereocenters. The summed E-state index contributed by atoms with van der Waals surface area (Å²) < 4.78 is 0. The number of pyridine rings is 1. The summed E-state index contributed by atoms with van der Waals surface area (Å²) in [7, 11) is 2.21. The highest BCUT2D eigenvalue weighted by Crippen LogP contribution is 2.41. The normalized spacial score (nSPS) is 18.5. The van der Waals surface area contributed by atoms with Crippen molar-refractivity contribution in [2.45, 2.75) is 33.2 Å². The molecule has 164 valence electrons. The summed E-state index contributed by atoms with van der Waals surface area (Å²) in [5.74, 6) is 1.75. The van der Waals surface area contributed by atoms with E-state index in [0.717, 1.165) is 52.3 Å². The third-order valence-corrected chi connectivity index (χ3v) is 7.16. The monoisotopic (exact) mass is 427 g/mol. The highest BCUT2D eigenvalue weighted by atomic mass is 15.3. The molecule has 7 nitrogen and oxygen atoms in total. The second kappa shape index (κ2) is 7.72. The predicted molar refractivity (Wildman–Crippen MR) is 127 cm³/mol. The molecule has 0 saturated carbocycles. The lowest BCUT2D eigenvalue weighted by atomic mass is 9.79. The number of nitriles is 1. The van der Waals surface area contributed by atoms with E-state index in [1.165, 1.54) is 19.5 Å². The van der Waals surface area contributed by atoms with Crippen molar-refractivity contribution in [1.29, 1.82) is 5.26 Å². The van der Waals surface area contributed by atoms with Crippen LogP contribution in [-0.2, 0) is 0 Å². The molecule has 2 aliphatic rings. The van der Waals surface area contributed by atoms with E-state index in [1.807, 2.05) is 32.2 Å². The maximum absolute atomic E-state index is 9.38. The molecule has 3 aromatic rings. The van der Waals surface area contributed by atoms with E-state index < -0.39 is 0 Å². The van der Waals surface area contributed by atoms with Gasteiger partial charge < -0.3 is 15.1 Å². The van der Waals surface area contributed by atoms with Crippen LogP contribution < -0.4 is 10.2 Å². The van der Waals surface area contributed by atoms with Crippen molar-refractivity contribution in [3.05, 3.63) is 52.8 Å². The molecule has 1 atom stereocenters. The zero-order valence-electron chi connectivity index (χ0n) is 19.2. The molecule has 0 bridgehead atoms. The molecule has 1 aromatic carbocycles. The Bertz CT molecular complexity index is 1220. The Kier molecular flexibility index (Phi) is 4.98. The molecule has 2 aliphatic heterocycles. The van der Waals surface area contributed by atoms with Crippen LogP contribution in [0.15, 0.2) is 30.5 Å². The number of anilines is 2. The third-order valence-electron chi connectivity index (χ3n) is 7.16. The van der Waals surface area contributed by atoms with E-state index in [2.05, 4.69) is 57.5 Å². The minimum absolute atomic E-state index is 0.0126. The van der Waals surface area contributed by atoms with Gasteiger partial charge in [-0.25, -0.2) is 4.98 Å². The first-order valence-corrected chi connectivity index (χ1v) is 11.2. The van der Waals surface area contributed by atoms with E-state index in [9.17, 15) is 5.26 Å². The van der Waals surface area contributed by atoms with Crippen LogP contribution in [0, 0.1) is 30.6 Å². The quantitative estimate of drug-likeness (QED) is 0.678. The standard InChI is InChI=1S/C25H29N7/c1-16-19(11-26)6-5-7-20(16)17(2)28-24-21-10-23(27-12-22(21)18(3)29-30-24)32-14-25(15-32)8-9-31(4)13-25/h5-7,10,12,17H,8-9,13-15H2,1-4H3,(H,28,30)/t17-/m1/s1. The first kappa shape index (κ1) is 20.7. The summed E-state index contributed by atoms with van der Waals surface area (Å²) in [5, 5.41) is 23.8. The lowest BCUT2D eigenvalue weighted by Gasteiger charge is -2.48. The minimum atomic E-state index is -0.0126. The number of hydrogen-bond donors (Lipinski definition) is 1. The van der Waals surface area contributed by atoms with E-state index in [4.69, 9.17) is 4.98 Å². The Morgan fingerprint density at radius 3 is 2.69 bits per heavy atom. The number of aromatic nitrogens is 3. The van der Waals surface area contributed by atoms with Crippen molar-refractivity contribution in [2.24, 2.45) is 5.41 Å². The molecule has 5 rings (SSSR count). The number of nitrogens with one attached hydrogen (secondary N) is 1. The van der Waals surface area contributed by atoms with Gasteiger partial charge in [-0.1, -0.05) is 12.1 Å². The van der Waals surface area contributed by atoms with Gasteiger partial charge in [-0.3, -0.25) is 0 Å². The number of likely N-dealkylation sites (tertiary alicyclic amines) is 1. The molecule has 0 amide bonds. The molecule has 7 heteroatoms. The van der Waals surface area contributed by atoms with Crippen LogP contribution in [0.1, 0.15) is 41.8 Å². The molecule has 2 fully saturated rings. The maximum Gasteiger partial charge on any atom is 0.157 e. The number of hydrogen-bond acceptors (Lipinski definition) is 7. The molecule has 4 heterocycles. The summed E-state index contributed by atoms with van der Waals surface area (Å²) in [6, 6.07) is 10.3. The molecule has 0 aliphatic carbocycles. The van der Waals surface area contributed by atoms with Gasteiger partial charge in [0.05, 0.1) is 23.4 Å². The van der Waals surface area contributed by atoms with Gasteiger partial charge in [0.2, 0.25) is 0 Å². The molecule has 2 aromatic heterocycles. The van der Waals surface area contributed by atoms with Crippen LogP contribution in [0.25, 0.3) is 10.8 Å². The van der Waals surface area contributed by atoms with Crippen LogP contribution in [0.2, 0.25) is 0 Å². The summed E-state index contributed by atoms with van der Waals surface area (Å²) >= 11 is 0. The fourth-order valence-electron chi connectivity index (χ4n) is 5.31. The van der Waals surface area contributed by atoms with Crippen LogP contribution in [-0.4, -0.2) is 53.3 Å². The zero-order valence-corrected chi connectivity index (χ0v) is 19.2. The molecule has 1 N–H and O–H groups in total. The average molecular weight is 428 g/mol. The molecular weight excluding hydrogens is 398 g/mol. The first-order valence-electron chi connectivity index (χ1n) is 11.2. The Morgan fingerprint density at radius 2 is 1.97 bits per heavy atom. The Morgan fingerprint density at radius 1 is 1.16 bits per heavy atom. The van der Waals surface area contributed by atoms with Crippen LogP contribution >= 0.6 is 0 Å². The summed E-state index contributed by atoms with van der Waals surface area (Å²) in [6.07, 6.45) is 3.20. The van der Waals surface area contributed by atoms with Gasteiger partial charge in [0.25, 0.3) is 0 Å². The topological polar surface area (TPSA) is 81.0 Å². The van der Waals surface area contributed by atoms with Crippen molar-refractivity contribution < 1.29 is 0 Å². The first-order chi connectivity index (χ1) is 15.4. The van der Waals surface area contributed by atoms with E-state index in [-0.39, 0.29) is 6.04 Å².